The van der Waals surface area contributed by atoms with Gasteiger partial charge in [-0.05, 0) is 43.7 Å². The summed E-state index contributed by atoms with van der Waals surface area (Å²) in [4.78, 5) is 28.5. The Labute approximate surface area is 232 Å². The normalized spacial score (nSPS) is 12.2. The Morgan fingerprint density at radius 3 is 2.18 bits per heavy atom. The summed E-state index contributed by atoms with van der Waals surface area (Å²) < 4.78 is 54.7. The van der Waals surface area contributed by atoms with E-state index >= 15 is 0 Å². The monoisotopic (exact) mass is 577 g/mol. The van der Waals surface area contributed by atoms with Crippen molar-refractivity contribution >= 4 is 39.1 Å². The van der Waals surface area contributed by atoms with Gasteiger partial charge in [0.25, 0.3) is 0 Å². The Hall–Kier alpha value is -3.50. The van der Waals surface area contributed by atoms with E-state index in [1.54, 1.807) is 44.2 Å². The highest BCUT2D eigenvalue weighted by Crippen LogP contribution is 2.25. The first-order chi connectivity index (χ1) is 18.4. The number of nitrogens with one attached hydrogen (secondary N) is 1. The van der Waals surface area contributed by atoms with Gasteiger partial charge >= 0.3 is 0 Å². The van der Waals surface area contributed by atoms with Gasteiger partial charge in [0, 0.05) is 24.6 Å². The minimum atomic E-state index is -4.05. The van der Waals surface area contributed by atoms with Crippen LogP contribution < -0.4 is 9.62 Å². The fourth-order valence-corrected chi connectivity index (χ4v) is 5.01. The van der Waals surface area contributed by atoms with Crippen LogP contribution in [0, 0.1) is 11.6 Å². The fraction of sp³-hybridized carbons (Fsp3) is 0.286. The number of hydrogen-bond acceptors (Lipinski definition) is 4. The quantitative estimate of drug-likeness (QED) is 0.362. The molecule has 0 bridgehead atoms. The van der Waals surface area contributed by atoms with Gasteiger partial charge in [-0.1, -0.05) is 60.1 Å². The Balaban J connectivity index is 2.08. The molecule has 0 saturated heterocycles. The third-order valence-corrected chi connectivity index (χ3v) is 7.30. The summed E-state index contributed by atoms with van der Waals surface area (Å²) in [5.41, 5.74) is 0.865. The number of benzene rings is 3. The van der Waals surface area contributed by atoms with Crippen LogP contribution in [-0.2, 0) is 32.6 Å². The molecule has 0 fully saturated rings. The lowest BCUT2D eigenvalue weighted by Crippen LogP contribution is -2.54. The Bertz CT molecular complexity index is 1420. The molecule has 7 nitrogen and oxygen atoms in total. The van der Waals surface area contributed by atoms with Crippen LogP contribution in [0.4, 0.5) is 14.5 Å². The molecule has 1 N–H and O–H groups in total. The Morgan fingerprint density at radius 2 is 1.59 bits per heavy atom. The number of hydrogen-bond donors (Lipinski definition) is 1. The number of carbonyl (C=O) groups excluding carboxylic acids is 2. The maximum Gasteiger partial charge on any atom is 0.244 e. The van der Waals surface area contributed by atoms with E-state index in [2.05, 4.69) is 5.32 Å². The van der Waals surface area contributed by atoms with Gasteiger partial charge in [-0.2, -0.15) is 0 Å². The minimum Gasteiger partial charge on any atom is -0.352 e. The number of anilines is 1. The number of sulfonamides is 1. The lowest BCUT2D eigenvalue weighted by atomic mass is 10.0. The predicted octanol–water partition coefficient (Wildman–Crippen LogP) is 4.55. The van der Waals surface area contributed by atoms with E-state index in [0.29, 0.717) is 0 Å². The van der Waals surface area contributed by atoms with Gasteiger partial charge in [-0.25, -0.2) is 17.2 Å². The highest BCUT2D eigenvalue weighted by molar-refractivity contribution is 7.92. The van der Waals surface area contributed by atoms with E-state index in [9.17, 15) is 26.8 Å². The van der Waals surface area contributed by atoms with Crippen molar-refractivity contribution in [2.24, 2.45) is 0 Å². The second-order valence-corrected chi connectivity index (χ2v) is 11.7. The number of nitrogens with zero attached hydrogens (tertiary/aromatic N) is 2. The molecule has 0 aliphatic carbocycles. The molecule has 3 aromatic rings. The Morgan fingerprint density at radius 1 is 0.949 bits per heavy atom. The molecule has 2 amide bonds. The van der Waals surface area contributed by atoms with Crippen molar-refractivity contribution < 1.29 is 26.8 Å². The molecule has 0 aliphatic rings. The van der Waals surface area contributed by atoms with Crippen molar-refractivity contribution in [2.75, 3.05) is 17.1 Å². The number of halogens is 3. The van der Waals surface area contributed by atoms with Gasteiger partial charge in [0.15, 0.2) is 0 Å². The SMILES string of the molecule is CC(C)NC(=O)C(Cc1ccccc1)N(Cc1ccccc1F)C(=O)CN(c1ccc(F)c(Cl)c1)S(C)(=O)=O. The fourth-order valence-electron chi connectivity index (χ4n) is 4.00. The zero-order chi connectivity index (χ0) is 28.7. The lowest BCUT2D eigenvalue weighted by molar-refractivity contribution is -0.140. The molecule has 208 valence electrons. The van der Waals surface area contributed by atoms with Crippen LogP contribution in [0.2, 0.25) is 5.02 Å². The zero-order valence-corrected chi connectivity index (χ0v) is 23.3. The van der Waals surface area contributed by atoms with E-state index in [4.69, 9.17) is 11.6 Å². The van der Waals surface area contributed by atoms with Gasteiger partial charge in [0.05, 0.1) is 17.0 Å². The summed E-state index contributed by atoms with van der Waals surface area (Å²) in [7, 11) is -4.05. The van der Waals surface area contributed by atoms with Crippen LogP contribution in [0.5, 0.6) is 0 Å². The largest absolute Gasteiger partial charge is 0.352 e. The van der Waals surface area contributed by atoms with Gasteiger partial charge in [-0.3, -0.25) is 13.9 Å². The van der Waals surface area contributed by atoms with Gasteiger partial charge in [0.2, 0.25) is 21.8 Å². The molecular formula is C28H30ClF2N3O4S. The van der Waals surface area contributed by atoms with Crippen LogP contribution in [-0.4, -0.2) is 50.0 Å². The average molecular weight is 578 g/mol. The van der Waals surface area contributed by atoms with E-state index < -0.39 is 46.1 Å². The lowest BCUT2D eigenvalue weighted by Gasteiger charge is -2.34. The van der Waals surface area contributed by atoms with Crippen LogP contribution in [0.3, 0.4) is 0 Å². The van der Waals surface area contributed by atoms with Crippen molar-refractivity contribution in [3.05, 3.63) is 101 Å². The molecule has 3 aromatic carbocycles. The maximum atomic E-state index is 14.7. The molecule has 3 rings (SSSR count). The summed E-state index contributed by atoms with van der Waals surface area (Å²) in [6.07, 6.45) is 0.993. The summed E-state index contributed by atoms with van der Waals surface area (Å²) in [6, 6.07) is 16.7. The molecule has 0 aromatic heterocycles. The minimum absolute atomic E-state index is 0.0330. The standard InChI is InChI=1S/C28H30ClF2N3O4S/c1-19(2)32-28(36)26(15-20-9-5-4-6-10-20)33(17-21-11-7-8-12-24(21)30)27(35)18-34(39(3,37)38)22-13-14-25(31)23(29)16-22/h4-14,16,19,26H,15,17-18H2,1-3H3,(H,32,36). The highest BCUT2D eigenvalue weighted by atomic mass is 35.5. The summed E-state index contributed by atoms with van der Waals surface area (Å²) in [5, 5.41) is 2.49. The summed E-state index contributed by atoms with van der Waals surface area (Å²) in [6.45, 7) is 2.51. The van der Waals surface area contributed by atoms with Crippen LogP contribution >= 0.6 is 11.6 Å². The molecule has 1 atom stereocenters. The van der Waals surface area contributed by atoms with Crippen molar-refractivity contribution in [2.45, 2.75) is 38.9 Å². The van der Waals surface area contributed by atoms with Gasteiger partial charge < -0.3 is 10.2 Å². The second kappa shape index (κ2) is 13.0. The first kappa shape index (κ1) is 30.0. The predicted molar refractivity (Wildman–Crippen MR) is 148 cm³/mol. The maximum absolute atomic E-state index is 14.7. The number of amides is 2. The summed E-state index contributed by atoms with van der Waals surface area (Å²) >= 11 is 5.88. The zero-order valence-electron chi connectivity index (χ0n) is 21.8. The molecule has 0 radical (unpaired) electrons. The highest BCUT2D eigenvalue weighted by Gasteiger charge is 2.33. The molecule has 0 aliphatic heterocycles. The second-order valence-electron chi connectivity index (χ2n) is 9.35. The van der Waals surface area contributed by atoms with E-state index in [-0.39, 0.29) is 35.3 Å². The first-order valence-electron chi connectivity index (χ1n) is 12.2. The van der Waals surface area contributed by atoms with Crippen molar-refractivity contribution in [1.82, 2.24) is 10.2 Å². The van der Waals surface area contributed by atoms with Crippen molar-refractivity contribution in [1.29, 1.82) is 0 Å². The molecular weight excluding hydrogens is 548 g/mol. The average Bonchev–Trinajstić information content (AvgIpc) is 2.87. The molecule has 0 spiro atoms. The molecule has 11 heteroatoms. The van der Waals surface area contributed by atoms with E-state index in [0.717, 1.165) is 28.3 Å². The Kier molecular flexibility index (Phi) is 10.0. The van der Waals surface area contributed by atoms with Gasteiger partial charge in [0.1, 0.15) is 24.2 Å². The molecule has 39 heavy (non-hydrogen) atoms. The van der Waals surface area contributed by atoms with E-state index in [1.807, 2.05) is 6.07 Å². The molecule has 1 unspecified atom stereocenters. The van der Waals surface area contributed by atoms with Crippen LogP contribution in [0.1, 0.15) is 25.0 Å². The van der Waals surface area contributed by atoms with Gasteiger partial charge in [-0.15, -0.1) is 0 Å². The molecule has 0 heterocycles. The topological polar surface area (TPSA) is 86.8 Å². The number of carbonyl (C=O) groups is 2. The van der Waals surface area contributed by atoms with E-state index in [1.165, 1.54) is 29.2 Å². The smallest absolute Gasteiger partial charge is 0.244 e. The van der Waals surface area contributed by atoms with Crippen LogP contribution in [0.25, 0.3) is 0 Å². The molecule has 0 saturated carbocycles. The third kappa shape index (κ3) is 8.24. The van der Waals surface area contributed by atoms with Crippen molar-refractivity contribution in [3.63, 3.8) is 0 Å². The summed E-state index contributed by atoms with van der Waals surface area (Å²) in [5.74, 6) is -2.57. The third-order valence-electron chi connectivity index (χ3n) is 5.87. The first-order valence-corrected chi connectivity index (χ1v) is 14.4. The number of rotatable bonds is 11. The van der Waals surface area contributed by atoms with Crippen LogP contribution in [0.15, 0.2) is 72.8 Å². The van der Waals surface area contributed by atoms with Crippen molar-refractivity contribution in [3.8, 4) is 0 Å².